The van der Waals surface area contributed by atoms with Crippen molar-refractivity contribution in [2.24, 2.45) is 0 Å². The summed E-state index contributed by atoms with van der Waals surface area (Å²) in [5.74, 6) is 0. The van der Waals surface area contributed by atoms with Gasteiger partial charge in [-0.1, -0.05) is 17.7 Å². The topological polar surface area (TPSA) is 18.5 Å². The molecule has 1 fully saturated rings. The number of benzene rings is 1. The Bertz CT molecular complexity index is 375. The summed E-state index contributed by atoms with van der Waals surface area (Å²) in [6, 6.07) is 9.94. The Balaban J connectivity index is 1.75. The third-order valence-electron chi connectivity index (χ3n) is 4.24. The van der Waals surface area contributed by atoms with Gasteiger partial charge in [0.05, 0.1) is 0 Å². The first kappa shape index (κ1) is 14.4. The highest BCUT2D eigenvalue weighted by Crippen LogP contribution is 2.13. The normalized spacial score (nSPS) is 25.5. The first-order chi connectivity index (χ1) is 9.06. The predicted molar refractivity (Wildman–Crippen MR) is 82.8 cm³/mol. The number of nitrogens with one attached hydrogen (secondary N) is 1. The van der Waals surface area contributed by atoms with Crippen LogP contribution in [0.15, 0.2) is 24.3 Å². The van der Waals surface area contributed by atoms with Crippen molar-refractivity contribution in [1.29, 1.82) is 0 Å². The minimum Gasteiger partial charge on any atom is -0.384 e. The van der Waals surface area contributed by atoms with Gasteiger partial charge in [0.1, 0.15) is 0 Å². The molecule has 1 aliphatic rings. The average molecular weight is 261 g/mol. The van der Waals surface area contributed by atoms with Crippen molar-refractivity contribution in [3.8, 4) is 0 Å². The van der Waals surface area contributed by atoms with E-state index in [4.69, 9.17) is 0 Å². The highest BCUT2D eigenvalue weighted by atomic mass is 15.3. The maximum Gasteiger partial charge on any atom is 0.0340 e. The summed E-state index contributed by atoms with van der Waals surface area (Å²) < 4.78 is 0. The minimum absolute atomic E-state index is 0.656. The predicted octanol–water partition coefficient (Wildman–Crippen LogP) is 2.43. The maximum atomic E-state index is 3.50. The van der Waals surface area contributed by atoms with Crippen LogP contribution in [-0.4, -0.2) is 55.1 Å². The van der Waals surface area contributed by atoms with Gasteiger partial charge in [-0.05, 0) is 40.0 Å². The second kappa shape index (κ2) is 6.40. The molecule has 0 amide bonds. The summed E-state index contributed by atoms with van der Waals surface area (Å²) in [6.45, 7) is 11.2. The van der Waals surface area contributed by atoms with E-state index < -0.39 is 0 Å². The van der Waals surface area contributed by atoms with E-state index in [0.717, 1.165) is 13.1 Å². The molecule has 1 aromatic carbocycles. The van der Waals surface area contributed by atoms with Crippen LogP contribution in [0.3, 0.4) is 0 Å². The lowest BCUT2D eigenvalue weighted by molar-refractivity contribution is 0.0626. The molecule has 1 aliphatic heterocycles. The number of rotatable bonds is 4. The fraction of sp³-hybridized carbons (Fsp3) is 0.625. The molecule has 0 bridgehead atoms. The standard InChI is InChI=1S/C16H27N3/c1-13-5-7-16(8-6-13)17-9-10-19-11-14(2)18(4)15(3)12-19/h5-8,14-15,17H,9-12H2,1-4H3. The first-order valence-corrected chi connectivity index (χ1v) is 7.31. The van der Waals surface area contributed by atoms with Crippen LogP contribution in [0.4, 0.5) is 5.69 Å². The van der Waals surface area contributed by atoms with Crippen molar-refractivity contribution in [3.05, 3.63) is 29.8 Å². The SMILES string of the molecule is Cc1ccc(NCCN2CC(C)N(C)C(C)C2)cc1. The number of piperazine rings is 1. The maximum absolute atomic E-state index is 3.50. The number of hydrogen-bond acceptors (Lipinski definition) is 3. The van der Waals surface area contributed by atoms with Crippen LogP contribution in [0.5, 0.6) is 0 Å². The van der Waals surface area contributed by atoms with E-state index in [1.54, 1.807) is 0 Å². The van der Waals surface area contributed by atoms with E-state index >= 15 is 0 Å². The van der Waals surface area contributed by atoms with Gasteiger partial charge >= 0.3 is 0 Å². The van der Waals surface area contributed by atoms with Crippen molar-refractivity contribution < 1.29 is 0 Å². The van der Waals surface area contributed by atoms with Gasteiger partial charge in [0, 0.05) is 44.0 Å². The summed E-state index contributed by atoms with van der Waals surface area (Å²) in [7, 11) is 2.23. The summed E-state index contributed by atoms with van der Waals surface area (Å²) in [6.07, 6.45) is 0. The molecule has 0 spiro atoms. The zero-order valence-electron chi connectivity index (χ0n) is 12.7. The second-order valence-corrected chi connectivity index (χ2v) is 5.92. The third kappa shape index (κ3) is 3.95. The van der Waals surface area contributed by atoms with E-state index in [-0.39, 0.29) is 0 Å². The molecule has 0 saturated carbocycles. The zero-order chi connectivity index (χ0) is 13.8. The second-order valence-electron chi connectivity index (χ2n) is 5.92. The minimum atomic E-state index is 0.656. The molecule has 0 aromatic heterocycles. The lowest BCUT2D eigenvalue weighted by Crippen LogP contribution is -2.55. The van der Waals surface area contributed by atoms with Crippen LogP contribution in [0.25, 0.3) is 0 Å². The molecule has 2 unspecified atom stereocenters. The van der Waals surface area contributed by atoms with Crippen LogP contribution in [-0.2, 0) is 0 Å². The van der Waals surface area contributed by atoms with E-state index in [9.17, 15) is 0 Å². The van der Waals surface area contributed by atoms with Gasteiger partial charge in [0.25, 0.3) is 0 Å². The first-order valence-electron chi connectivity index (χ1n) is 7.31. The summed E-state index contributed by atoms with van der Waals surface area (Å²) in [5.41, 5.74) is 2.54. The van der Waals surface area contributed by atoms with E-state index in [0.29, 0.717) is 12.1 Å². The number of likely N-dealkylation sites (N-methyl/N-ethyl adjacent to an activating group) is 1. The average Bonchev–Trinajstić information content (AvgIpc) is 2.38. The molecular weight excluding hydrogens is 234 g/mol. The van der Waals surface area contributed by atoms with Gasteiger partial charge in [0.15, 0.2) is 0 Å². The molecule has 1 saturated heterocycles. The number of aryl methyl sites for hydroxylation is 1. The fourth-order valence-corrected chi connectivity index (χ4v) is 2.73. The monoisotopic (exact) mass is 261 g/mol. The number of anilines is 1. The molecule has 1 aromatic rings. The molecule has 106 valence electrons. The van der Waals surface area contributed by atoms with E-state index in [1.165, 1.54) is 24.3 Å². The van der Waals surface area contributed by atoms with Gasteiger partial charge < -0.3 is 5.32 Å². The van der Waals surface area contributed by atoms with Gasteiger partial charge in [-0.25, -0.2) is 0 Å². The molecule has 3 nitrogen and oxygen atoms in total. The smallest absolute Gasteiger partial charge is 0.0340 e. The Labute approximate surface area is 117 Å². The quantitative estimate of drug-likeness (QED) is 0.898. The summed E-state index contributed by atoms with van der Waals surface area (Å²) in [4.78, 5) is 5.04. The lowest BCUT2D eigenvalue weighted by atomic mass is 10.1. The molecular formula is C16H27N3. The Morgan fingerprint density at radius 2 is 1.68 bits per heavy atom. The zero-order valence-corrected chi connectivity index (χ0v) is 12.7. The molecule has 3 heteroatoms. The summed E-state index contributed by atoms with van der Waals surface area (Å²) in [5, 5.41) is 3.50. The van der Waals surface area contributed by atoms with Crippen molar-refractivity contribution in [3.63, 3.8) is 0 Å². The van der Waals surface area contributed by atoms with Gasteiger partial charge in [-0.3, -0.25) is 9.80 Å². The largest absolute Gasteiger partial charge is 0.384 e. The highest BCUT2D eigenvalue weighted by Gasteiger charge is 2.25. The number of nitrogens with zero attached hydrogens (tertiary/aromatic N) is 2. The van der Waals surface area contributed by atoms with Crippen LogP contribution < -0.4 is 5.32 Å². The molecule has 1 N–H and O–H groups in total. The fourth-order valence-electron chi connectivity index (χ4n) is 2.73. The van der Waals surface area contributed by atoms with Crippen LogP contribution >= 0.6 is 0 Å². The highest BCUT2D eigenvalue weighted by molar-refractivity contribution is 5.44. The van der Waals surface area contributed by atoms with Crippen LogP contribution in [0.1, 0.15) is 19.4 Å². The number of hydrogen-bond donors (Lipinski definition) is 1. The Hall–Kier alpha value is -1.06. The van der Waals surface area contributed by atoms with Crippen molar-refractivity contribution >= 4 is 5.69 Å². The lowest BCUT2D eigenvalue weighted by Gasteiger charge is -2.42. The van der Waals surface area contributed by atoms with E-state index in [1.807, 2.05) is 0 Å². The summed E-state index contributed by atoms with van der Waals surface area (Å²) >= 11 is 0. The van der Waals surface area contributed by atoms with E-state index in [2.05, 4.69) is 67.2 Å². The van der Waals surface area contributed by atoms with Gasteiger partial charge in [0.2, 0.25) is 0 Å². The Morgan fingerprint density at radius 1 is 1.11 bits per heavy atom. The van der Waals surface area contributed by atoms with Gasteiger partial charge in [-0.2, -0.15) is 0 Å². The Morgan fingerprint density at radius 3 is 2.26 bits per heavy atom. The third-order valence-corrected chi connectivity index (χ3v) is 4.24. The van der Waals surface area contributed by atoms with Crippen LogP contribution in [0.2, 0.25) is 0 Å². The molecule has 19 heavy (non-hydrogen) atoms. The van der Waals surface area contributed by atoms with Crippen molar-refractivity contribution in [1.82, 2.24) is 9.80 Å². The van der Waals surface area contributed by atoms with Crippen LogP contribution in [0, 0.1) is 6.92 Å². The van der Waals surface area contributed by atoms with Crippen molar-refractivity contribution in [2.45, 2.75) is 32.9 Å². The molecule has 0 aliphatic carbocycles. The molecule has 0 radical (unpaired) electrons. The van der Waals surface area contributed by atoms with Crippen molar-refractivity contribution in [2.75, 3.05) is 38.5 Å². The molecule has 2 atom stereocenters. The van der Waals surface area contributed by atoms with Gasteiger partial charge in [-0.15, -0.1) is 0 Å². The Kier molecular flexibility index (Phi) is 4.83. The molecule has 1 heterocycles. The molecule has 2 rings (SSSR count).